The zero-order valence-electron chi connectivity index (χ0n) is 9.57. The second kappa shape index (κ2) is 5.50. The van der Waals surface area contributed by atoms with Crippen LogP contribution in [-0.4, -0.2) is 29.1 Å². The van der Waals surface area contributed by atoms with Crippen molar-refractivity contribution in [1.82, 2.24) is 10.3 Å². The number of aliphatic hydroxyl groups excluding tert-OH is 1. The van der Waals surface area contributed by atoms with Gasteiger partial charge in [-0.3, -0.25) is 4.79 Å². The third-order valence-corrected chi connectivity index (χ3v) is 2.73. The highest BCUT2D eigenvalue weighted by Gasteiger charge is 2.03. The molecule has 0 atom stereocenters. The Hall–Kier alpha value is -1.81. The number of aromatic nitrogens is 1. The van der Waals surface area contributed by atoms with E-state index < -0.39 is 0 Å². The van der Waals surface area contributed by atoms with Crippen LogP contribution in [0.2, 0.25) is 0 Å². The minimum Gasteiger partial charge on any atom is -0.396 e. The highest BCUT2D eigenvalue weighted by molar-refractivity contribution is 5.83. The zero-order valence-corrected chi connectivity index (χ0v) is 9.57. The van der Waals surface area contributed by atoms with Crippen molar-refractivity contribution in [2.45, 2.75) is 12.8 Å². The van der Waals surface area contributed by atoms with Crippen LogP contribution in [0.4, 0.5) is 0 Å². The van der Waals surface area contributed by atoms with Crippen LogP contribution < -0.4 is 5.32 Å². The quantitative estimate of drug-likeness (QED) is 0.725. The van der Waals surface area contributed by atoms with Crippen LogP contribution in [-0.2, 0) is 11.2 Å². The van der Waals surface area contributed by atoms with Crippen molar-refractivity contribution in [3.63, 3.8) is 0 Å². The van der Waals surface area contributed by atoms with E-state index in [1.54, 1.807) is 0 Å². The maximum atomic E-state index is 11.2. The Balaban J connectivity index is 1.93. The predicted molar refractivity (Wildman–Crippen MR) is 66.7 cm³/mol. The largest absolute Gasteiger partial charge is 0.396 e. The van der Waals surface area contributed by atoms with Gasteiger partial charge in [-0.2, -0.15) is 0 Å². The lowest BCUT2D eigenvalue weighted by Gasteiger charge is -2.03. The molecule has 0 saturated heterocycles. The van der Waals surface area contributed by atoms with Gasteiger partial charge >= 0.3 is 0 Å². The number of fused-ring (bicyclic) bond motifs is 1. The molecule has 0 bridgehead atoms. The van der Waals surface area contributed by atoms with Crippen LogP contribution in [0.15, 0.2) is 30.5 Å². The fraction of sp³-hybridized carbons (Fsp3) is 0.308. The van der Waals surface area contributed by atoms with Gasteiger partial charge in [-0.25, -0.2) is 0 Å². The first-order valence-electron chi connectivity index (χ1n) is 5.74. The molecule has 0 saturated carbocycles. The number of benzene rings is 1. The average molecular weight is 232 g/mol. The number of para-hydroxylation sites is 1. The lowest BCUT2D eigenvalue weighted by Crippen LogP contribution is -2.26. The second-order valence-corrected chi connectivity index (χ2v) is 3.93. The van der Waals surface area contributed by atoms with Crippen LogP contribution >= 0.6 is 0 Å². The van der Waals surface area contributed by atoms with Gasteiger partial charge in [0.25, 0.3) is 0 Å². The van der Waals surface area contributed by atoms with Crippen LogP contribution in [0.3, 0.4) is 0 Å². The van der Waals surface area contributed by atoms with Crippen LogP contribution in [0.1, 0.15) is 12.0 Å². The molecule has 0 unspecified atom stereocenters. The summed E-state index contributed by atoms with van der Waals surface area (Å²) < 4.78 is 0. The Morgan fingerprint density at radius 1 is 1.35 bits per heavy atom. The smallest absolute Gasteiger partial charge is 0.222 e. The normalized spacial score (nSPS) is 10.6. The van der Waals surface area contributed by atoms with Gasteiger partial charge in [-0.15, -0.1) is 0 Å². The van der Waals surface area contributed by atoms with E-state index in [0.717, 1.165) is 11.9 Å². The molecule has 17 heavy (non-hydrogen) atoms. The summed E-state index contributed by atoms with van der Waals surface area (Å²) in [6, 6.07) is 8.09. The van der Waals surface area contributed by atoms with E-state index >= 15 is 0 Å². The van der Waals surface area contributed by atoms with Gasteiger partial charge in [0.05, 0.1) is 6.61 Å². The van der Waals surface area contributed by atoms with Gasteiger partial charge in [0.1, 0.15) is 0 Å². The first-order valence-corrected chi connectivity index (χ1v) is 5.74. The molecule has 3 N–H and O–H groups in total. The van der Waals surface area contributed by atoms with Crippen molar-refractivity contribution < 1.29 is 9.90 Å². The minimum absolute atomic E-state index is 0.0983. The molecule has 1 aromatic carbocycles. The molecule has 2 rings (SSSR count). The molecular weight excluding hydrogens is 216 g/mol. The van der Waals surface area contributed by atoms with Crippen molar-refractivity contribution in [3.8, 4) is 0 Å². The number of amides is 1. The summed E-state index contributed by atoms with van der Waals surface area (Å²) in [5, 5.41) is 12.6. The third-order valence-electron chi connectivity index (χ3n) is 2.73. The highest BCUT2D eigenvalue weighted by Crippen LogP contribution is 2.17. The molecule has 1 amide bonds. The molecule has 0 aliphatic carbocycles. The molecule has 0 radical (unpaired) electrons. The molecule has 2 aromatic rings. The molecule has 4 heteroatoms. The monoisotopic (exact) mass is 232 g/mol. The highest BCUT2D eigenvalue weighted by atomic mass is 16.3. The van der Waals surface area contributed by atoms with E-state index in [2.05, 4.69) is 16.4 Å². The number of carbonyl (C=O) groups excluding carboxylic acids is 1. The Morgan fingerprint density at radius 2 is 2.18 bits per heavy atom. The standard InChI is InChI=1S/C13H16N2O2/c16-8-6-13(17)14-7-5-10-9-15-12-4-2-1-3-11(10)12/h1-4,9,15-16H,5-8H2,(H,14,17). The molecule has 90 valence electrons. The lowest BCUT2D eigenvalue weighted by molar-refractivity contribution is -0.121. The van der Waals surface area contributed by atoms with Crippen molar-refractivity contribution in [1.29, 1.82) is 0 Å². The summed E-state index contributed by atoms with van der Waals surface area (Å²) in [6.45, 7) is 0.500. The van der Waals surface area contributed by atoms with Gasteiger partial charge in [-0.1, -0.05) is 18.2 Å². The first kappa shape index (κ1) is 11.7. The van der Waals surface area contributed by atoms with Crippen molar-refractivity contribution in [2.24, 2.45) is 0 Å². The summed E-state index contributed by atoms with van der Waals surface area (Å²) in [7, 11) is 0. The minimum atomic E-state index is -0.104. The second-order valence-electron chi connectivity index (χ2n) is 3.93. The van der Waals surface area contributed by atoms with E-state index in [-0.39, 0.29) is 18.9 Å². The van der Waals surface area contributed by atoms with E-state index in [0.29, 0.717) is 6.54 Å². The Kier molecular flexibility index (Phi) is 3.77. The van der Waals surface area contributed by atoms with Crippen LogP contribution in [0, 0.1) is 0 Å². The molecule has 4 nitrogen and oxygen atoms in total. The molecular formula is C13H16N2O2. The Labute approximate surface area is 99.7 Å². The number of aliphatic hydroxyl groups is 1. The van der Waals surface area contributed by atoms with Crippen molar-refractivity contribution >= 4 is 16.8 Å². The molecule has 0 aliphatic rings. The summed E-state index contributed by atoms with van der Waals surface area (Å²) in [4.78, 5) is 14.4. The van der Waals surface area contributed by atoms with E-state index in [4.69, 9.17) is 5.11 Å². The fourth-order valence-electron chi connectivity index (χ4n) is 1.86. The maximum Gasteiger partial charge on any atom is 0.222 e. The molecule has 0 aliphatic heterocycles. The van der Waals surface area contributed by atoms with Crippen LogP contribution in [0.25, 0.3) is 10.9 Å². The summed E-state index contributed by atoms with van der Waals surface area (Å²) >= 11 is 0. The van der Waals surface area contributed by atoms with Gasteiger partial charge in [-0.05, 0) is 18.1 Å². The van der Waals surface area contributed by atoms with Gasteiger partial charge in [0.2, 0.25) is 5.91 Å². The average Bonchev–Trinajstić information content (AvgIpc) is 2.73. The number of carbonyl (C=O) groups is 1. The summed E-state index contributed by atoms with van der Waals surface area (Å²) in [6.07, 6.45) is 2.94. The van der Waals surface area contributed by atoms with Crippen molar-refractivity contribution in [2.75, 3.05) is 13.2 Å². The number of rotatable bonds is 5. The summed E-state index contributed by atoms with van der Waals surface area (Å²) in [5.74, 6) is -0.104. The number of aromatic amines is 1. The summed E-state index contributed by atoms with van der Waals surface area (Å²) in [5.41, 5.74) is 2.31. The topological polar surface area (TPSA) is 65.1 Å². The fourth-order valence-corrected chi connectivity index (χ4v) is 1.86. The molecule has 0 spiro atoms. The van der Waals surface area contributed by atoms with E-state index in [9.17, 15) is 4.79 Å². The van der Waals surface area contributed by atoms with Crippen molar-refractivity contribution in [3.05, 3.63) is 36.0 Å². The molecule has 1 heterocycles. The Morgan fingerprint density at radius 3 is 3.00 bits per heavy atom. The SMILES string of the molecule is O=C(CCO)NCCc1c[nH]c2ccccc12. The first-order chi connectivity index (χ1) is 8.31. The number of nitrogens with one attached hydrogen (secondary N) is 2. The van der Waals surface area contributed by atoms with E-state index in [1.165, 1.54) is 10.9 Å². The maximum absolute atomic E-state index is 11.2. The van der Waals surface area contributed by atoms with Gasteiger partial charge in [0, 0.05) is 30.1 Å². The van der Waals surface area contributed by atoms with Gasteiger partial charge < -0.3 is 15.4 Å². The number of H-pyrrole nitrogens is 1. The van der Waals surface area contributed by atoms with E-state index in [1.807, 2.05) is 24.4 Å². The predicted octanol–water partition coefficient (Wildman–Crippen LogP) is 1.21. The number of hydrogen-bond acceptors (Lipinski definition) is 2. The van der Waals surface area contributed by atoms with Gasteiger partial charge in [0.15, 0.2) is 0 Å². The third kappa shape index (κ3) is 2.85. The Bertz CT molecular complexity index is 505. The number of hydrogen-bond donors (Lipinski definition) is 3. The zero-order chi connectivity index (χ0) is 12.1. The lowest BCUT2D eigenvalue weighted by atomic mass is 10.1. The molecule has 0 fully saturated rings. The van der Waals surface area contributed by atoms with Crippen LogP contribution in [0.5, 0.6) is 0 Å². The molecule has 1 aromatic heterocycles.